The van der Waals surface area contributed by atoms with Gasteiger partial charge >= 0.3 is 0 Å². The lowest BCUT2D eigenvalue weighted by atomic mass is 9.52. The Morgan fingerprint density at radius 2 is 1.79 bits per heavy atom. The van der Waals surface area contributed by atoms with Gasteiger partial charge < -0.3 is 5.11 Å². The maximum Gasteiger partial charge on any atom is 0.0577 e. The first-order valence-electron chi connectivity index (χ1n) is 12.4. The first-order valence-corrected chi connectivity index (χ1v) is 12.4. The highest BCUT2D eigenvalue weighted by molar-refractivity contribution is 5.40. The van der Waals surface area contributed by atoms with Crippen molar-refractivity contribution in [1.82, 2.24) is 0 Å². The van der Waals surface area contributed by atoms with E-state index in [1.165, 1.54) is 57.8 Å². The first kappa shape index (κ1) is 20.7. The van der Waals surface area contributed by atoms with Gasteiger partial charge in [0.2, 0.25) is 0 Å². The van der Waals surface area contributed by atoms with Crippen molar-refractivity contribution < 1.29 is 5.11 Å². The smallest absolute Gasteiger partial charge is 0.0577 e. The third-order valence-corrected chi connectivity index (χ3v) is 9.63. The molecule has 0 aromatic heterocycles. The van der Waals surface area contributed by atoms with Gasteiger partial charge in [-0.25, -0.2) is 0 Å². The Morgan fingerprint density at radius 3 is 2.54 bits per heavy atom. The molecule has 1 nitrogen and oxygen atoms in total. The summed E-state index contributed by atoms with van der Waals surface area (Å²) in [6.45, 7) is 12.4. The quantitative estimate of drug-likeness (QED) is 0.488. The number of allylic oxidation sites excluding steroid dienone is 3. The van der Waals surface area contributed by atoms with Crippen LogP contribution in [0.4, 0.5) is 0 Å². The molecule has 0 unspecified atom stereocenters. The molecule has 6 atom stereocenters. The molecule has 4 rings (SSSR count). The van der Waals surface area contributed by atoms with Crippen molar-refractivity contribution >= 4 is 0 Å². The van der Waals surface area contributed by atoms with Crippen LogP contribution in [0.2, 0.25) is 0 Å². The van der Waals surface area contributed by atoms with Crippen LogP contribution in [-0.4, -0.2) is 11.2 Å². The molecule has 0 heterocycles. The highest BCUT2D eigenvalue weighted by atomic mass is 16.3. The average molecular weight is 385 g/mol. The molecule has 28 heavy (non-hydrogen) atoms. The van der Waals surface area contributed by atoms with Crippen molar-refractivity contribution in [2.24, 2.45) is 34.5 Å². The Hall–Kier alpha value is -0.560. The number of hydrogen-bond donors (Lipinski definition) is 1. The molecule has 0 spiro atoms. The van der Waals surface area contributed by atoms with Gasteiger partial charge in [0, 0.05) is 0 Å². The Kier molecular flexibility index (Phi) is 5.62. The molecule has 0 radical (unpaired) electrons. The monoisotopic (exact) mass is 384 g/mol. The number of aliphatic hydroxyl groups is 1. The topological polar surface area (TPSA) is 20.2 Å². The highest BCUT2D eigenvalue weighted by Gasteiger charge is 2.53. The maximum absolute atomic E-state index is 10.2. The molecular formula is C27H44O. The number of hydrogen-bond acceptors (Lipinski definition) is 1. The molecule has 158 valence electrons. The van der Waals surface area contributed by atoms with E-state index in [-0.39, 0.29) is 6.10 Å². The standard InChI is InChI=1S/C27H44O/c1-18(2)7-6-8-19(3)23-11-12-24-22-10-9-20-17-21(28)13-15-26(20,4)25(22)14-16-27(23,24)5/h9,18-19,21,23,25,28H,6-8,10-17H2,1-5H3/t19-,21+,23-,25+,26+,27-/m1/s1. The molecule has 4 aliphatic rings. The lowest BCUT2D eigenvalue weighted by molar-refractivity contribution is 0.0687. The summed E-state index contributed by atoms with van der Waals surface area (Å²) < 4.78 is 0. The molecule has 4 aliphatic carbocycles. The van der Waals surface area contributed by atoms with E-state index < -0.39 is 0 Å². The van der Waals surface area contributed by atoms with Gasteiger partial charge in [-0.05, 0) is 85.9 Å². The zero-order valence-corrected chi connectivity index (χ0v) is 19.2. The van der Waals surface area contributed by atoms with Crippen LogP contribution in [0.5, 0.6) is 0 Å². The largest absolute Gasteiger partial charge is 0.393 e. The maximum atomic E-state index is 10.2. The van der Waals surface area contributed by atoms with Crippen LogP contribution in [0.25, 0.3) is 0 Å². The van der Waals surface area contributed by atoms with E-state index in [4.69, 9.17) is 0 Å². The van der Waals surface area contributed by atoms with E-state index in [1.807, 2.05) is 11.1 Å². The fourth-order valence-electron chi connectivity index (χ4n) is 7.91. The van der Waals surface area contributed by atoms with Crippen molar-refractivity contribution in [2.45, 2.75) is 111 Å². The van der Waals surface area contributed by atoms with Crippen molar-refractivity contribution in [2.75, 3.05) is 0 Å². The van der Waals surface area contributed by atoms with Gasteiger partial charge in [0.15, 0.2) is 0 Å². The van der Waals surface area contributed by atoms with E-state index in [0.29, 0.717) is 10.8 Å². The number of rotatable bonds is 5. The fourth-order valence-corrected chi connectivity index (χ4v) is 7.91. The van der Waals surface area contributed by atoms with Crippen LogP contribution in [0.3, 0.4) is 0 Å². The van der Waals surface area contributed by atoms with Gasteiger partial charge in [0.05, 0.1) is 6.10 Å². The summed E-state index contributed by atoms with van der Waals surface area (Å²) in [6, 6.07) is 0. The first-order chi connectivity index (χ1) is 13.3. The number of aliphatic hydroxyl groups excluding tert-OH is 1. The van der Waals surface area contributed by atoms with Crippen molar-refractivity contribution in [3.63, 3.8) is 0 Å². The molecule has 1 heteroatoms. The van der Waals surface area contributed by atoms with Crippen LogP contribution >= 0.6 is 0 Å². The molecule has 0 aromatic carbocycles. The van der Waals surface area contributed by atoms with Crippen LogP contribution in [0.1, 0.15) is 105 Å². The summed E-state index contributed by atoms with van der Waals surface area (Å²) in [6.07, 6.45) is 16.5. The Balaban J connectivity index is 1.57. The van der Waals surface area contributed by atoms with Gasteiger partial charge in [-0.3, -0.25) is 0 Å². The van der Waals surface area contributed by atoms with Crippen molar-refractivity contribution in [3.8, 4) is 0 Å². The molecule has 2 saturated carbocycles. The van der Waals surface area contributed by atoms with Crippen LogP contribution in [0, 0.1) is 34.5 Å². The minimum Gasteiger partial charge on any atom is -0.393 e. The predicted molar refractivity (Wildman–Crippen MR) is 119 cm³/mol. The molecule has 0 aliphatic heterocycles. The van der Waals surface area contributed by atoms with Crippen LogP contribution < -0.4 is 0 Å². The Morgan fingerprint density at radius 1 is 1.04 bits per heavy atom. The molecule has 0 aromatic rings. The third-order valence-electron chi connectivity index (χ3n) is 9.63. The lowest BCUT2D eigenvalue weighted by Crippen LogP contribution is -2.43. The summed E-state index contributed by atoms with van der Waals surface area (Å²) in [5.74, 6) is 3.37. The molecule has 0 saturated heterocycles. The lowest BCUT2D eigenvalue weighted by Gasteiger charge is -2.53. The van der Waals surface area contributed by atoms with Crippen LogP contribution in [0.15, 0.2) is 22.8 Å². The number of fused-ring (bicyclic) bond motifs is 4. The van der Waals surface area contributed by atoms with E-state index in [0.717, 1.165) is 36.5 Å². The van der Waals surface area contributed by atoms with Gasteiger partial charge in [-0.1, -0.05) is 76.7 Å². The van der Waals surface area contributed by atoms with E-state index in [2.05, 4.69) is 40.7 Å². The molecular weight excluding hydrogens is 340 g/mol. The van der Waals surface area contributed by atoms with Gasteiger partial charge in [0.1, 0.15) is 0 Å². The summed E-state index contributed by atoms with van der Waals surface area (Å²) in [7, 11) is 0. The minimum atomic E-state index is -0.0927. The summed E-state index contributed by atoms with van der Waals surface area (Å²) in [5, 5.41) is 10.2. The molecule has 0 bridgehead atoms. The Labute approximate surface area is 174 Å². The average Bonchev–Trinajstić information content (AvgIpc) is 2.99. The summed E-state index contributed by atoms with van der Waals surface area (Å²) in [5.41, 5.74) is 6.11. The fraction of sp³-hybridized carbons (Fsp3) is 0.852. The van der Waals surface area contributed by atoms with E-state index >= 15 is 0 Å². The summed E-state index contributed by atoms with van der Waals surface area (Å²) in [4.78, 5) is 0. The predicted octanol–water partition coefficient (Wildman–Crippen LogP) is 7.45. The van der Waals surface area contributed by atoms with Gasteiger partial charge in [-0.15, -0.1) is 0 Å². The summed E-state index contributed by atoms with van der Waals surface area (Å²) >= 11 is 0. The highest BCUT2D eigenvalue weighted by Crippen LogP contribution is 2.64. The second kappa shape index (κ2) is 7.60. The second-order valence-corrected chi connectivity index (χ2v) is 11.7. The SMILES string of the molecule is CC(C)CCC[C@@H](C)[C@H]1CCC2=C3CC=C4C[C@@H](O)CC[C@]4(C)[C@H]3CC[C@@]21C. The van der Waals surface area contributed by atoms with Crippen LogP contribution in [-0.2, 0) is 0 Å². The molecule has 0 amide bonds. The van der Waals surface area contributed by atoms with Crippen molar-refractivity contribution in [1.29, 1.82) is 0 Å². The Bertz CT molecular complexity index is 655. The zero-order chi connectivity index (χ0) is 20.1. The van der Waals surface area contributed by atoms with Gasteiger partial charge in [-0.2, -0.15) is 0 Å². The minimum absolute atomic E-state index is 0.0927. The molecule has 2 fully saturated rings. The zero-order valence-electron chi connectivity index (χ0n) is 19.2. The van der Waals surface area contributed by atoms with E-state index in [1.54, 1.807) is 5.57 Å². The second-order valence-electron chi connectivity index (χ2n) is 11.7. The van der Waals surface area contributed by atoms with E-state index in [9.17, 15) is 5.11 Å². The normalized spacial score (nSPS) is 41.4. The van der Waals surface area contributed by atoms with Gasteiger partial charge in [0.25, 0.3) is 0 Å². The van der Waals surface area contributed by atoms with Crippen molar-refractivity contribution in [3.05, 3.63) is 22.8 Å². The third kappa shape index (κ3) is 3.34. The molecule has 1 N–H and O–H groups in total.